The lowest BCUT2D eigenvalue weighted by atomic mass is 10.3. The molecule has 0 aliphatic rings. The van der Waals surface area contributed by atoms with E-state index in [2.05, 4.69) is 9.69 Å². The first-order chi connectivity index (χ1) is 12.2. The number of thiophene rings is 3. The SMILES string of the molecule is [C-]#[N+]C([N+]#[C-])=c1cc/c(=c2/cc/c(=c3/ccc(=C(C#N)C#N)s3)s2)s1. The van der Waals surface area contributed by atoms with Gasteiger partial charge in [-0.3, -0.25) is 0 Å². The zero-order valence-corrected chi connectivity index (χ0v) is 14.9. The van der Waals surface area contributed by atoms with Gasteiger partial charge in [0.2, 0.25) is 0 Å². The number of hydrogen-bond acceptors (Lipinski definition) is 5. The summed E-state index contributed by atoms with van der Waals surface area (Å²) in [6.45, 7) is 14.1. The van der Waals surface area contributed by atoms with Crippen LogP contribution >= 0.6 is 34.0 Å². The van der Waals surface area contributed by atoms with Crippen molar-refractivity contribution in [2.45, 2.75) is 0 Å². The highest BCUT2D eigenvalue weighted by Gasteiger charge is 2.05. The van der Waals surface area contributed by atoms with Gasteiger partial charge in [0.1, 0.15) is 35.4 Å². The average Bonchev–Trinajstić information content (AvgIpc) is 3.37. The molecule has 0 bridgehead atoms. The van der Waals surface area contributed by atoms with Crippen LogP contribution in [-0.2, 0) is 0 Å². The van der Waals surface area contributed by atoms with Gasteiger partial charge in [-0.25, -0.2) is 0 Å². The van der Waals surface area contributed by atoms with Crippen molar-refractivity contribution in [2.24, 2.45) is 0 Å². The summed E-state index contributed by atoms with van der Waals surface area (Å²) in [6, 6.07) is 15.2. The van der Waals surface area contributed by atoms with Crippen molar-refractivity contribution in [2.75, 3.05) is 0 Å². The smallest absolute Gasteiger partial charge is 0.192 e. The van der Waals surface area contributed by atoms with E-state index < -0.39 is 0 Å². The molecule has 116 valence electrons. The lowest BCUT2D eigenvalue weighted by Crippen LogP contribution is -1.93. The summed E-state index contributed by atoms with van der Waals surface area (Å²) in [5.74, 6) is 0.0898. The highest BCUT2D eigenvalue weighted by Crippen LogP contribution is 2.13. The molecule has 3 aromatic rings. The first kappa shape index (κ1) is 16.7. The minimum absolute atomic E-state index is 0.0898. The fourth-order valence-corrected chi connectivity index (χ4v) is 5.15. The van der Waals surface area contributed by atoms with Crippen LogP contribution < -0.4 is 9.06 Å². The summed E-state index contributed by atoms with van der Waals surface area (Å²) in [6.07, 6.45) is 0. The highest BCUT2D eigenvalue weighted by molar-refractivity contribution is 7.13. The fraction of sp³-hybridized carbons (Fsp3) is 0. The Balaban J connectivity index is 2.32. The van der Waals surface area contributed by atoms with E-state index in [1.807, 2.05) is 36.4 Å². The monoisotopic (exact) mass is 374 g/mol. The van der Waals surface area contributed by atoms with E-state index in [0.717, 1.165) is 18.1 Å². The van der Waals surface area contributed by atoms with Crippen molar-refractivity contribution in [3.8, 4) is 12.1 Å². The number of rotatable bonds is 0. The van der Waals surface area contributed by atoms with E-state index >= 15 is 0 Å². The molecule has 25 heavy (non-hydrogen) atoms. The molecular weight excluding hydrogens is 368 g/mol. The molecule has 3 aromatic heterocycles. The highest BCUT2D eigenvalue weighted by atomic mass is 32.1. The molecule has 0 saturated carbocycles. The predicted octanol–water partition coefficient (Wildman–Crippen LogP) is 3.55. The molecule has 0 spiro atoms. The topological polar surface area (TPSA) is 56.3 Å². The third-order valence-corrected chi connectivity index (χ3v) is 6.87. The summed E-state index contributed by atoms with van der Waals surface area (Å²) < 4.78 is 5.46. The second-order valence-electron chi connectivity index (χ2n) is 4.64. The first-order valence-corrected chi connectivity index (χ1v) is 9.25. The van der Waals surface area contributed by atoms with Crippen molar-refractivity contribution in [1.29, 1.82) is 10.5 Å². The van der Waals surface area contributed by atoms with E-state index in [-0.39, 0.29) is 11.4 Å². The van der Waals surface area contributed by atoms with Crippen LogP contribution in [0.1, 0.15) is 0 Å². The van der Waals surface area contributed by atoms with E-state index in [9.17, 15) is 0 Å². The number of nitrogens with zero attached hydrogens (tertiary/aromatic N) is 4. The van der Waals surface area contributed by atoms with Crippen LogP contribution in [0.5, 0.6) is 0 Å². The van der Waals surface area contributed by atoms with Crippen LogP contribution in [0.25, 0.3) is 21.1 Å². The van der Waals surface area contributed by atoms with Crippen LogP contribution in [0.3, 0.4) is 0 Å². The summed E-state index contributed by atoms with van der Waals surface area (Å²) in [7, 11) is 0. The lowest BCUT2D eigenvalue weighted by Gasteiger charge is -1.75. The summed E-state index contributed by atoms with van der Waals surface area (Å²) >= 11 is 4.45. The van der Waals surface area contributed by atoms with Crippen LogP contribution in [-0.4, -0.2) is 0 Å². The van der Waals surface area contributed by atoms with Gasteiger partial charge in [0, 0.05) is 18.1 Å². The Hall–Kier alpha value is -3.20. The summed E-state index contributed by atoms with van der Waals surface area (Å²) in [5, 5.41) is 17.9. The summed E-state index contributed by atoms with van der Waals surface area (Å²) in [4.78, 5) is 6.49. The molecule has 0 fully saturated rings. The van der Waals surface area contributed by atoms with Crippen molar-refractivity contribution >= 4 is 45.4 Å². The van der Waals surface area contributed by atoms with E-state index in [0.29, 0.717) is 9.06 Å². The van der Waals surface area contributed by atoms with Gasteiger partial charge in [0.15, 0.2) is 0 Å². The maximum atomic E-state index is 8.96. The van der Waals surface area contributed by atoms with Gasteiger partial charge in [-0.15, -0.1) is 34.0 Å². The molecule has 0 saturated heterocycles. The molecule has 0 aromatic carbocycles. The zero-order valence-electron chi connectivity index (χ0n) is 12.5. The molecule has 0 amide bonds. The third kappa shape index (κ3) is 3.22. The number of hydrogen-bond donors (Lipinski definition) is 0. The van der Waals surface area contributed by atoms with Gasteiger partial charge in [-0.05, 0) is 36.4 Å². The third-order valence-electron chi connectivity index (χ3n) is 3.21. The van der Waals surface area contributed by atoms with Gasteiger partial charge in [0.05, 0.1) is 4.53 Å². The van der Waals surface area contributed by atoms with Crippen LogP contribution in [0.2, 0.25) is 0 Å². The maximum Gasteiger partial charge on any atom is 0.536 e. The predicted molar refractivity (Wildman–Crippen MR) is 98.8 cm³/mol. The molecule has 0 aliphatic carbocycles. The molecule has 0 N–H and O–H groups in total. The molecule has 3 heterocycles. The minimum Gasteiger partial charge on any atom is -0.192 e. The molecule has 0 radical (unpaired) electrons. The first-order valence-electron chi connectivity index (χ1n) is 6.80. The second-order valence-corrected chi connectivity index (χ2v) is 7.89. The van der Waals surface area contributed by atoms with Gasteiger partial charge < -0.3 is 0 Å². The van der Waals surface area contributed by atoms with Crippen LogP contribution in [0.15, 0.2) is 36.4 Å². The minimum atomic E-state index is 0.0898. The van der Waals surface area contributed by atoms with Gasteiger partial charge in [0.25, 0.3) is 0 Å². The standard InChI is InChI=1S/C18H6N4S3/c1-21-18(22-2)17-8-7-16(25-17)15-6-5-14(24-15)13-4-3-12(23-13)11(9-19)10-20/h3-8H/b14-13+,16-15+. The van der Waals surface area contributed by atoms with Crippen LogP contribution in [0.4, 0.5) is 0 Å². The normalized spacial score (nSPS) is 12.3. The Morgan fingerprint density at radius 1 is 0.720 bits per heavy atom. The summed E-state index contributed by atoms with van der Waals surface area (Å²) in [5.41, 5.74) is 0.122. The van der Waals surface area contributed by atoms with E-state index in [4.69, 9.17) is 23.7 Å². The maximum absolute atomic E-state index is 8.96. The van der Waals surface area contributed by atoms with Gasteiger partial charge in [-0.1, -0.05) is 0 Å². The van der Waals surface area contributed by atoms with Crippen LogP contribution in [0, 0.1) is 53.9 Å². The van der Waals surface area contributed by atoms with Crippen molar-refractivity contribution < 1.29 is 0 Å². The molecule has 7 heteroatoms. The molecular formula is C18H6N4S3. The molecule has 0 aliphatic heterocycles. The lowest BCUT2D eigenvalue weighted by molar-refractivity contribution is 1.51. The second kappa shape index (κ2) is 7.14. The van der Waals surface area contributed by atoms with Crippen molar-refractivity contribution in [1.82, 2.24) is 0 Å². The Bertz CT molecular complexity index is 1300. The van der Waals surface area contributed by atoms with Crippen molar-refractivity contribution in [3.63, 3.8) is 0 Å². The quantitative estimate of drug-likeness (QED) is 0.565. The Morgan fingerprint density at radius 3 is 1.68 bits per heavy atom. The van der Waals surface area contributed by atoms with Crippen molar-refractivity contribution in [3.05, 3.63) is 86.4 Å². The molecule has 3 rings (SSSR count). The largest absolute Gasteiger partial charge is 0.536 e. The van der Waals surface area contributed by atoms with E-state index in [1.54, 1.807) is 23.5 Å². The zero-order chi connectivity index (χ0) is 17.8. The molecule has 4 nitrogen and oxygen atoms in total. The number of nitriles is 2. The average molecular weight is 374 g/mol. The Kier molecular flexibility index (Phi) is 4.75. The van der Waals surface area contributed by atoms with Gasteiger partial charge >= 0.3 is 5.82 Å². The molecule has 0 unspecified atom stereocenters. The Morgan fingerprint density at radius 2 is 1.16 bits per heavy atom. The van der Waals surface area contributed by atoms with E-state index in [1.165, 1.54) is 22.7 Å². The van der Waals surface area contributed by atoms with Gasteiger partial charge in [-0.2, -0.15) is 20.2 Å². The fourth-order valence-electron chi connectivity index (χ4n) is 2.07. The molecule has 0 atom stereocenters. The Labute approximate surface area is 154 Å².